The predicted molar refractivity (Wildman–Crippen MR) is 75.5 cm³/mol. The van der Waals surface area contributed by atoms with Crippen LogP contribution in [0, 0.1) is 10.1 Å². The molecule has 0 fully saturated rings. The fourth-order valence-corrected chi connectivity index (χ4v) is 1.94. The highest BCUT2D eigenvalue weighted by molar-refractivity contribution is 5.89. The molecule has 0 aliphatic carbocycles. The first-order valence-electron chi connectivity index (χ1n) is 6.21. The molecule has 0 bridgehead atoms. The smallest absolute Gasteiger partial charge is 0.335 e. The zero-order valence-corrected chi connectivity index (χ0v) is 11.3. The summed E-state index contributed by atoms with van der Waals surface area (Å²) in [6.07, 6.45) is 2.33. The van der Waals surface area contributed by atoms with E-state index in [1.165, 1.54) is 12.1 Å². The zero-order valence-electron chi connectivity index (χ0n) is 11.3. The largest absolute Gasteiger partial charge is 0.478 e. The van der Waals surface area contributed by atoms with E-state index in [0.717, 1.165) is 11.8 Å². The van der Waals surface area contributed by atoms with Gasteiger partial charge in [-0.2, -0.15) is 5.10 Å². The molecule has 0 amide bonds. The van der Waals surface area contributed by atoms with Crippen molar-refractivity contribution in [3.63, 3.8) is 0 Å². The number of benzene rings is 1. The molecule has 110 valence electrons. The van der Waals surface area contributed by atoms with Crippen LogP contribution >= 0.6 is 0 Å². The Hall–Kier alpha value is -2.90. The molecule has 0 aliphatic rings. The Morgan fingerprint density at radius 1 is 1.48 bits per heavy atom. The molecule has 2 aromatic rings. The summed E-state index contributed by atoms with van der Waals surface area (Å²) in [6, 6.07) is 5.66. The second kappa shape index (κ2) is 6.04. The number of aromatic carboxylic acids is 1. The molecule has 1 aromatic carbocycles. The number of nitro groups is 1. The number of rotatable bonds is 6. The van der Waals surface area contributed by atoms with Crippen LogP contribution in [0.5, 0.6) is 0 Å². The van der Waals surface area contributed by atoms with E-state index in [0.29, 0.717) is 18.7 Å². The molecule has 2 N–H and O–H groups in total. The van der Waals surface area contributed by atoms with Crippen LogP contribution in [0.3, 0.4) is 0 Å². The SMILES string of the molecule is Cn1nccc1CCNc1ccc(C(=O)O)cc1[N+](=O)[O-]. The van der Waals surface area contributed by atoms with Crippen molar-refractivity contribution in [3.05, 3.63) is 51.8 Å². The first-order chi connectivity index (χ1) is 9.99. The molecule has 0 unspecified atom stereocenters. The molecule has 1 heterocycles. The number of carboxylic acids is 1. The van der Waals surface area contributed by atoms with E-state index in [9.17, 15) is 14.9 Å². The van der Waals surface area contributed by atoms with Crippen LogP contribution in [0.15, 0.2) is 30.5 Å². The molecular weight excluding hydrogens is 276 g/mol. The maximum Gasteiger partial charge on any atom is 0.335 e. The maximum absolute atomic E-state index is 11.0. The van der Waals surface area contributed by atoms with Crippen molar-refractivity contribution in [2.24, 2.45) is 7.05 Å². The summed E-state index contributed by atoms with van der Waals surface area (Å²) in [4.78, 5) is 21.2. The highest BCUT2D eigenvalue weighted by Crippen LogP contribution is 2.25. The fraction of sp³-hybridized carbons (Fsp3) is 0.231. The van der Waals surface area contributed by atoms with Crippen LogP contribution in [-0.4, -0.2) is 32.3 Å². The number of aromatic nitrogens is 2. The van der Waals surface area contributed by atoms with Crippen LogP contribution in [0.25, 0.3) is 0 Å². The number of hydrogen-bond donors (Lipinski definition) is 2. The molecular formula is C13H14N4O4. The van der Waals surface area contributed by atoms with Gasteiger partial charge in [-0.15, -0.1) is 0 Å². The molecule has 1 aromatic heterocycles. The summed E-state index contributed by atoms with van der Waals surface area (Å²) in [5.74, 6) is -1.19. The lowest BCUT2D eigenvalue weighted by Crippen LogP contribution is -2.10. The zero-order chi connectivity index (χ0) is 15.4. The molecule has 2 rings (SSSR count). The highest BCUT2D eigenvalue weighted by atomic mass is 16.6. The molecule has 21 heavy (non-hydrogen) atoms. The Labute approximate surface area is 120 Å². The van der Waals surface area contributed by atoms with E-state index in [1.807, 2.05) is 13.1 Å². The van der Waals surface area contributed by atoms with Crippen molar-refractivity contribution >= 4 is 17.3 Å². The molecule has 0 aliphatic heterocycles. The van der Waals surface area contributed by atoms with Crippen molar-refractivity contribution in [1.82, 2.24) is 9.78 Å². The van der Waals surface area contributed by atoms with Crippen molar-refractivity contribution in [3.8, 4) is 0 Å². The number of hydrogen-bond acceptors (Lipinski definition) is 5. The molecule has 8 nitrogen and oxygen atoms in total. The van der Waals surface area contributed by atoms with Crippen molar-refractivity contribution < 1.29 is 14.8 Å². The second-order valence-corrected chi connectivity index (χ2v) is 4.42. The summed E-state index contributed by atoms with van der Waals surface area (Å²) in [5, 5.41) is 26.8. The minimum Gasteiger partial charge on any atom is -0.478 e. The van der Waals surface area contributed by atoms with E-state index < -0.39 is 10.9 Å². The monoisotopic (exact) mass is 290 g/mol. The summed E-state index contributed by atoms with van der Waals surface area (Å²) in [7, 11) is 1.82. The van der Waals surface area contributed by atoms with Crippen LogP contribution in [0.1, 0.15) is 16.1 Å². The Kier molecular flexibility index (Phi) is 4.17. The second-order valence-electron chi connectivity index (χ2n) is 4.42. The van der Waals surface area contributed by atoms with E-state index in [2.05, 4.69) is 10.4 Å². The van der Waals surface area contributed by atoms with Gasteiger partial charge in [-0.3, -0.25) is 14.8 Å². The van der Waals surface area contributed by atoms with Crippen LogP contribution in [0.4, 0.5) is 11.4 Å². The van der Waals surface area contributed by atoms with E-state index in [-0.39, 0.29) is 11.3 Å². The molecule has 0 saturated heterocycles. The summed E-state index contributed by atoms with van der Waals surface area (Å²) in [5.41, 5.74) is 0.929. The number of aryl methyl sites for hydroxylation is 1. The molecule has 8 heteroatoms. The molecule has 0 atom stereocenters. The van der Waals surface area contributed by atoms with Gasteiger partial charge in [0, 0.05) is 38.0 Å². The van der Waals surface area contributed by atoms with Gasteiger partial charge >= 0.3 is 5.97 Å². The highest BCUT2D eigenvalue weighted by Gasteiger charge is 2.17. The van der Waals surface area contributed by atoms with Gasteiger partial charge in [-0.25, -0.2) is 4.79 Å². The van der Waals surface area contributed by atoms with Gasteiger partial charge < -0.3 is 10.4 Å². The summed E-state index contributed by atoms with van der Waals surface area (Å²) >= 11 is 0. The van der Waals surface area contributed by atoms with Gasteiger partial charge in [0.05, 0.1) is 10.5 Å². The third-order valence-corrected chi connectivity index (χ3v) is 3.06. The average Bonchev–Trinajstić information content (AvgIpc) is 2.84. The van der Waals surface area contributed by atoms with Gasteiger partial charge in [0.15, 0.2) is 0 Å². The molecule has 0 spiro atoms. The summed E-state index contributed by atoms with van der Waals surface area (Å²) < 4.78 is 1.73. The predicted octanol–water partition coefficient (Wildman–Crippen LogP) is 1.68. The first kappa shape index (κ1) is 14.5. The molecule has 0 radical (unpaired) electrons. The normalized spacial score (nSPS) is 10.3. The van der Waals surface area contributed by atoms with Crippen LogP contribution in [-0.2, 0) is 13.5 Å². The number of carboxylic acid groups (broad SMARTS) is 1. The third kappa shape index (κ3) is 3.35. The van der Waals surface area contributed by atoms with E-state index >= 15 is 0 Å². The number of anilines is 1. The average molecular weight is 290 g/mol. The molecule has 0 saturated carbocycles. The van der Waals surface area contributed by atoms with Crippen molar-refractivity contribution in [1.29, 1.82) is 0 Å². The topological polar surface area (TPSA) is 110 Å². The van der Waals surface area contributed by atoms with Gasteiger partial charge in [0.1, 0.15) is 5.69 Å². The lowest BCUT2D eigenvalue weighted by Gasteiger charge is -2.08. The van der Waals surface area contributed by atoms with Crippen LogP contribution < -0.4 is 5.32 Å². The first-order valence-corrected chi connectivity index (χ1v) is 6.21. The number of nitro benzene ring substituents is 1. The quantitative estimate of drug-likeness (QED) is 0.618. The Morgan fingerprint density at radius 2 is 2.24 bits per heavy atom. The minimum atomic E-state index is -1.19. The van der Waals surface area contributed by atoms with E-state index in [1.54, 1.807) is 10.9 Å². The van der Waals surface area contributed by atoms with Crippen molar-refractivity contribution in [2.75, 3.05) is 11.9 Å². The number of nitrogens with zero attached hydrogens (tertiary/aromatic N) is 3. The Balaban J connectivity index is 2.10. The fourth-order valence-electron chi connectivity index (χ4n) is 1.94. The lowest BCUT2D eigenvalue weighted by molar-refractivity contribution is -0.384. The van der Waals surface area contributed by atoms with Crippen molar-refractivity contribution in [2.45, 2.75) is 6.42 Å². The number of nitrogens with one attached hydrogen (secondary N) is 1. The van der Waals surface area contributed by atoms with Gasteiger partial charge in [-0.05, 0) is 18.2 Å². The standard InChI is InChI=1S/C13H14N4O4/c1-16-10(5-7-15-16)4-6-14-11-3-2-9(13(18)19)8-12(11)17(20)21/h2-3,5,7-8,14H,4,6H2,1H3,(H,18,19). The van der Waals surface area contributed by atoms with Gasteiger partial charge in [0.25, 0.3) is 5.69 Å². The van der Waals surface area contributed by atoms with Crippen LogP contribution in [0.2, 0.25) is 0 Å². The lowest BCUT2D eigenvalue weighted by atomic mass is 10.1. The number of carbonyl (C=O) groups is 1. The third-order valence-electron chi connectivity index (χ3n) is 3.06. The van der Waals surface area contributed by atoms with Gasteiger partial charge in [0.2, 0.25) is 0 Å². The van der Waals surface area contributed by atoms with E-state index in [4.69, 9.17) is 5.11 Å². The van der Waals surface area contributed by atoms with Gasteiger partial charge in [-0.1, -0.05) is 0 Å². The summed E-state index contributed by atoms with van der Waals surface area (Å²) in [6.45, 7) is 0.479. The Morgan fingerprint density at radius 3 is 2.81 bits per heavy atom. The minimum absolute atomic E-state index is 0.112. The maximum atomic E-state index is 11.0. The Bertz CT molecular complexity index is 681.